The zero-order valence-corrected chi connectivity index (χ0v) is 11.2. The van der Waals surface area contributed by atoms with Gasteiger partial charge in [0.1, 0.15) is 0 Å². The van der Waals surface area contributed by atoms with Gasteiger partial charge in [0.25, 0.3) is 0 Å². The van der Waals surface area contributed by atoms with Crippen molar-refractivity contribution in [2.75, 3.05) is 13.6 Å². The lowest BCUT2D eigenvalue weighted by atomic mass is 10.4. The highest BCUT2D eigenvalue weighted by atomic mass is 32.2. The zero-order chi connectivity index (χ0) is 12.1. The van der Waals surface area contributed by atoms with Crippen LogP contribution in [0.2, 0.25) is 0 Å². The van der Waals surface area contributed by atoms with Crippen molar-refractivity contribution < 1.29 is 0 Å². The van der Waals surface area contributed by atoms with Crippen LogP contribution in [0.3, 0.4) is 0 Å². The van der Waals surface area contributed by atoms with Crippen molar-refractivity contribution in [2.45, 2.75) is 16.7 Å². The molecule has 0 saturated heterocycles. The minimum Gasteiger partial charge on any atom is -0.119 e. The van der Waals surface area contributed by atoms with E-state index in [1.165, 1.54) is 9.79 Å². The summed E-state index contributed by atoms with van der Waals surface area (Å²) in [5, 5.41) is 0. The van der Waals surface area contributed by atoms with E-state index >= 15 is 0 Å². The number of hydrogen-bond acceptors (Lipinski definition) is 1. The number of hydrogen-bond donors (Lipinski definition) is 0. The van der Waals surface area contributed by atoms with Gasteiger partial charge in [-0.3, -0.25) is 0 Å². The van der Waals surface area contributed by atoms with Gasteiger partial charge in [-0.1, -0.05) is 36.4 Å². The van der Waals surface area contributed by atoms with Crippen molar-refractivity contribution in [3.63, 3.8) is 0 Å². The average Bonchev–Trinajstić information content (AvgIpc) is 2.41. The molecule has 0 spiro atoms. The summed E-state index contributed by atoms with van der Waals surface area (Å²) in [6, 6.07) is 21.4. The summed E-state index contributed by atoms with van der Waals surface area (Å²) in [4.78, 5) is 2.76. The SMILES string of the molecule is CCN(C)[S+](c1ccccc1)c1ccccc1. The summed E-state index contributed by atoms with van der Waals surface area (Å²) >= 11 is 0.0373. The van der Waals surface area contributed by atoms with E-state index in [0.29, 0.717) is 0 Å². The molecule has 1 nitrogen and oxygen atoms in total. The lowest BCUT2D eigenvalue weighted by Crippen LogP contribution is -2.27. The second-order valence-corrected chi connectivity index (χ2v) is 5.99. The van der Waals surface area contributed by atoms with Gasteiger partial charge in [-0.2, -0.15) is 0 Å². The Kier molecular flexibility index (Phi) is 4.24. The molecule has 0 atom stereocenters. The Labute approximate surface area is 107 Å². The van der Waals surface area contributed by atoms with Gasteiger partial charge in [-0.25, -0.2) is 0 Å². The quantitative estimate of drug-likeness (QED) is 0.743. The molecule has 0 aliphatic rings. The van der Waals surface area contributed by atoms with Gasteiger partial charge in [-0.05, 0) is 31.2 Å². The van der Waals surface area contributed by atoms with Gasteiger partial charge in [-0.15, -0.1) is 4.31 Å². The third-order valence-electron chi connectivity index (χ3n) is 2.69. The summed E-state index contributed by atoms with van der Waals surface area (Å²) in [6.45, 7) is 3.25. The second kappa shape index (κ2) is 5.89. The molecule has 2 heteroatoms. The molecule has 0 aliphatic carbocycles. The van der Waals surface area contributed by atoms with E-state index in [0.717, 1.165) is 6.54 Å². The van der Waals surface area contributed by atoms with Crippen LogP contribution in [0.4, 0.5) is 0 Å². The molecule has 0 amide bonds. The van der Waals surface area contributed by atoms with Crippen molar-refractivity contribution in [2.24, 2.45) is 0 Å². The molecule has 0 aromatic heterocycles. The molecule has 88 valence electrons. The summed E-state index contributed by atoms with van der Waals surface area (Å²) in [5.41, 5.74) is 0. The van der Waals surface area contributed by atoms with Crippen LogP contribution < -0.4 is 0 Å². The predicted octanol–water partition coefficient (Wildman–Crippen LogP) is 3.59. The van der Waals surface area contributed by atoms with E-state index in [9.17, 15) is 0 Å². The van der Waals surface area contributed by atoms with Gasteiger partial charge in [0, 0.05) is 13.6 Å². The fourth-order valence-electron chi connectivity index (χ4n) is 1.72. The van der Waals surface area contributed by atoms with Crippen LogP contribution in [-0.4, -0.2) is 17.9 Å². The zero-order valence-electron chi connectivity index (χ0n) is 10.3. The molecular formula is C15H18NS+. The van der Waals surface area contributed by atoms with E-state index in [4.69, 9.17) is 0 Å². The lowest BCUT2D eigenvalue weighted by Gasteiger charge is -2.15. The molecule has 0 aliphatic heterocycles. The molecule has 2 rings (SSSR count). The van der Waals surface area contributed by atoms with Crippen LogP contribution in [0.15, 0.2) is 70.5 Å². The third-order valence-corrected chi connectivity index (χ3v) is 5.01. The van der Waals surface area contributed by atoms with Crippen molar-refractivity contribution >= 4 is 11.1 Å². The second-order valence-electron chi connectivity index (χ2n) is 3.85. The fourth-order valence-corrected chi connectivity index (χ4v) is 3.80. The topological polar surface area (TPSA) is 3.24 Å². The Balaban J connectivity index is 2.39. The monoisotopic (exact) mass is 244 g/mol. The van der Waals surface area contributed by atoms with E-state index in [-0.39, 0.29) is 11.1 Å². The molecular weight excluding hydrogens is 226 g/mol. The van der Waals surface area contributed by atoms with Gasteiger partial charge in [0.15, 0.2) is 20.9 Å². The fraction of sp³-hybridized carbons (Fsp3) is 0.200. The Morgan fingerprint density at radius 3 is 1.59 bits per heavy atom. The standard InChI is InChI=1S/C15H18NS/c1-3-16(2)17(14-10-6-4-7-11-14)15-12-8-5-9-13-15/h4-13H,3H2,1-2H3/q+1. The van der Waals surface area contributed by atoms with Gasteiger partial charge < -0.3 is 0 Å². The molecule has 2 aromatic rings. The first-order chi connectivity index (χ1) is 8.33. The molecule has 2 aromatic carbocycles. The predicted molar refractivity (Wildman–Crippen MR) is 75.1 cm³/mol. The van der Waals surface area contributed by atoms with E-state index in [1.54, 1.807) is 0 Å². The maximum absolute atomic E-state index is 2.39. The highest BCUT2D eigenvalue weighted by Gasteiger charge is 2.29. The highest BCUT2D eigenvalue weighted by Crippen LogP contribution is 2.25. The maximum atomic E-state index is 2.39. The number of rotatable bonds is 4. The van der Waals surface area contributed by atoms with Gasteiger partial charge >= 0.3 is 0 Å². The van der Waals surface area contributed by atoms with Gasteiger partial charge in [0.2, 0.25) is 0 Å². The minimum absolute atomic E-state index is 0.0373. The highest BCUT2D eigenvalue weighted by molar-refractivity contribution is 7.94. The lowest BCUT2D eigenvalue weighted by molar-refractivity contribution is 0.588. The van der Waals surface area contributed by atoms with Crippen molar-refractivity contribution in [1.82, 2.24) is 4.31 Å². The Hall–Kier alpha value is -1.25. The Morgan fingerprint density at radius 1 is 0.824 bits per heavy atom. The minimum atomic E-state index is 0.0373. The summed E-state index contributed by atoms with van der Waals surface area (Å²) in [7, 11) is 2.18. The molecule has 0 radical (unpaired) electrons. The third kappa shape index (κ3) is 2.90. The van der Waals surface area contributed by atoms with Crippen molar-refractivity contribution in [3.8, 4) is 0 Å². The smallest absolute Gasteiger partial charge is 0.119 e. The molecule has 0 N–H and O–H groups in total. The van der Waals surface area contributed by atoms with E-state index in [2.05, 4.69) is 78.9 Å². The number of benzene rings is 2. The first-order valence-electron chi connectivity index (χ1n) is 5.88. The number of nitrogens with zero attached hydrogens (tertiary/aromatic N) is 1. The van der Waals surface area contributed by atoms with E-state index in [1.807, 2.05) is 0 Å². The normalized spacial score (nSPS) is 11.1. The van der Waals surface area contributed by atoms with Crippen LogP contribution in [-0.2, 0) is 11.1 Å². The van der Waals surface area contributed by atoms with Crippen LogP contribution >= 0.6 is 0 Å². The molecule has 0 bridgehead atoms. The first-order valence-corrected chi connectivity index (χ1v) is 7.06. The largest absolute Gasteiger partial charge is 0.182 e. The maximum Gasteiger partial charge on any atom is 0.182 e. The van der Waals surface area contributed by atoms with E-state index < -0.39 is 0 Å². The average molecular weight is 244 g/mol. The van der Waals surface area contributed by atoms with Gasteiger partial charge in [0.05, 0.1) is 0 Å². The van der Waals surface area contributed by atoms with Crippen molar-refractivity contribution in [3.05, 3.63) is 60.7 Å². The van der Waals surface area contributed by atoms with Crippen LogP contribution in [0.1, 0.15) is 6.92 Å². The van der Waals surface area contributed by atoms with Crippen LogP contribution in [0.5, 0.6) is 0 Å². The summed E-state index contributed by atoms with van der Waals surface area (Å²) in [5.74, 6) is 0. The molecule has 0 fully saturated rings. The van der Waals surface area contributed by atoms with Crippen LogP contribution in [0, 0.1) is 0 Å². The Morgan fingerprint density at radius 2 is 1.24 bits per heavy atom. The molecule has 17 heavy (non-hydrogen) atoms. The summed E-state index contributed by atoms with van der Waals surface area (Å²) in [6.07, 6.45) is 0. The van der Waals surface area contributed by atoms with Crippen LogP contribution in [0.25, 0.3) is 0 Å². The summed E-state index contributed by atoms with van der Waals surface area (Å²) < 4.78 is 2.39. The Bertz CT molecular complexity index is 401. The molecule has 0 saturated carbocycles. The molecule has 0 unspecified atom stereocenters. The van der Waals surface area contributed by atoms with Crippen molar-refractivity contribution in [1.29, 1.82) is 0 Å². The molecule has 0 heterocycles. The first kappa shape index (κ1) is 12.2.